The Kier molecular flexibility index (Phi) is 7.27. The molecule has 2 amide bonds. The number of nitrogens with zero attached hydrogens (tertiary/aromatic N) is 2. The molecule has 0 saturated heterocycles. The summed E-state index contributed by atoms with van der Waals surface area (Å²) in [5, 5.41) is 2.93. The van der Waals surface area contributed by atoms with E-state index in [4.69, 9.17) is 4.74 Å². The van der Waals surface area contributed by atoms with Gasteiger partial charge in [-0.1, -0.05) is 19.3 Å². The number of aromatic nitrogens is 1. The minimum Gasteiger partial charge on any atom is -0.464 e. The molecule has 1 N–H and O–H groups in total. The number of esters is 1. The minimum atomic E-state index is -0.469. The predicted molar refractivity (Wildman–Crippen MR) is 108 cm³/mol. The predicted octanol–water partition coefficient (Wildman–Crippen LogP) is 3.36. The van der Waals surface area contributed by atoms with E-state index >= 15 is 0 Å². The van der Waals surface area contributed by atoms with E-state index in [0.717, 1.165) is 25.7 Å². The zero-order valence-electron chi connectivity index (χ0n) is 17.9. The Labute approximate surface area is 167 Å². The van der Waals surface area contributed by atoms with Crippen LogP contribution in [0.4, 0.5) is 4.79 Å². The van der Waals surface area contributed by atoms with E-state index in [2.05, 4.69) is 5.32 Å². The number of Topliss-reactive ketones (excluding diaryl/α,β-unsaturated/α-hetero) is 1. The number of hydrogen-bond donors (Lipinski definition) is 1. The number of rotatable bonds is 6. The summed E-state index contributed by atoms with van der Waals surface area (Å²) in [5.41, 5.74) is 2.18. The summed E-state index contributed by atoms with van der Waals surface area (Å²) < 4.78 is 6.55. The van der Waals surface area contributed by atoms with Gasteiger partial charge >= 0.3 is 12.0 Å². The fraction of sp³-hybridized carbons (Fsp3) is 0.667. The molecule has 0 aliphatic heterocycles. The first-order valence-corrected chi connectivity index (χ1v) is 10.0. The molecular weight excluding hydrogens is 358 g/mol. The molecule has 156 valence electrons. The first-order chi connectivity index (χ1) is 13.2. The van der Waals surface area contributed by atoms with Gasteiger partial charge in [0.25, 0.3) is 0 Å². The van der Waals surface area contributed by atoms with Crippen molar-refractivity contribution in [3.05, 3.63) is 22.5 Å². The van der Waals surface area contributed by atoms with Crippen LogP contribution in [0.3, 0.4) is 0 Å². The largest absolute Gasteiger partial charge is 0.464 e. The lowest BCUT2D eigenvalue weighted by Gasteiger charge is -2.34. The maximum absolute atomic E-state index is 13.2. The summed E-state index contributed by atoms with van der Waals surface area (Å²) in [6, 6.07) is -0.129. The van der Waals surface area contributed by atoms with Crippen LogP contribution in [0, 0.1) is 13.8 Å². The van der Waals surface area contributed by atoms with Crippen LogP contribution in [0.2, 0.25) is 0 Å². The highest BCUT2D eigenvalue weighted by molar-refractivity contribution is 6.04. The highest BCUT2D eigenvalue weighted by atomic mass is 16.5. The highest BCUT2D eigenvalue weighted by Gasteiger charge is 2.31. The SMILES string of the molecule is COC(=O)c1c(C)c(C(=O)CN(C(=O)NC(C)C)C2CCCCC2)c(C)n1C. The molecule has 0 bridgehead atoms. The van der Waals surface area contributed by atoms with Crippen LogP contribution in [-0.4, -0.2) is 53.0 Å². The van der Waals surface area contributed by atoms with Gasteiger partial charge < -0.3 is 19.5 Å². The molecule has 28 heavy (non-hydrogen) atoms. The molecule has 1 aromatic rings. The Bertz CT molecular complexity index is 745. The van der Waals surface area contributed by atoms with Gasteiger partial charge in [0.15, 0.2) is 5.78 Å². The van der Waals surface area contributed by atoms with Gasteiger partial charge in [0.1, 0.15) is 5.69 Å². The van der Waals surface area contributed by atoms with Crippen molar-refractivity contribution >= 4 is 17.8 Å². The molecule has 7 nitrogen and oxygen atoms in total. The van der Waals surface area contributed by atoms with Crippen LogP contribution in [0.15, 0.2) is 0 Å². The van der Waals surface area contributed by atoms with Gasteiger partial charge in [-0.15, -0.1) is 0 Å². The Morgan fingerprint density at radius 1 is 1.18 bits per heavy atom. The zero-order chi connectivity index (χ0) is 21.0. The van der Waals surface area contributed by atoms with Crippen molar-refractivity contribution in [3.8, 4) is 0 Å². The first-order valence-electron chi connectivity index (χ1n) is 10.0. The summed E-state index contributed by atoms with van der Waals surface area (Å²) in [5.74, 6) is -0.617. The van der Waals surface area contributed by atoms with Crippen molar-refractivity contribution in [1.82, 2.24) is 14.8 Å². The Morgan fingerprint density at radius 3 is 2.32 bits per heavy atom. The molecule has 0 spiro atoms. The van der Waals surface area contributed by atoms with Crippen molar-refractivity contribution in [2.75, 3.05) is 13.7 Å². The fourth-order valence-electron chi connectivity index (χ4n) is 4.10. The average Bonchev–Trinajstić information content (AvgIpc) is 2.88. The number of methoxy groups -OCH3 is 1. The number of carbonyl (C=O) groups excluding carboxylic acids is 3. The maximum Gasteiger partial charge on any atom is 0.354 e. The summed E-state index contributed by atoms with van der Waals surface area (Å²) in [4.78, 5) is 39.8. The maximum atomic E-state index is 13.2. The second-order valence-corrected chi connectivity index (χ2v) is 7.93. The summed E-state index contributed by atoms with van der Waals surface area (Å²) in [6.45, 7) is 7.40. The summed E-state index contributed by atoms with van der Waals surface area (Å²) >= 11 is 0. The van der Waals surface area contributed by atoms with Crippen LogP contribution in [0.25, 0.3) is 0 Å². The number of nitrogens with one attached hydrogen (secondary N) is 1. The van der Waals surface area contributed by atoms with E-state index in [-0.39, 0.29) is 30.4 Å². The van der Waals surface area contributed by atoms with Crippen LogP contribution >= 0.6 is 0 Å². The van der Waals surface area contributed by atoms with Gasteiger partial charge in [-0.3, -0.25) is 4.79 Å². The number of carbonyl (C=O) groups is 3. The average molecular weight is 392 g/mol. The van der Waals surface area contributed by atoms with E-state index in [9.17, 15) is 14.4 Å². The van der Waals surface area contributed by atoms with Gasteiger partial charge in [0.2, 0.25) is 0 Å². The van der Waals surface area contributed by atoms with Gasteiger partial charge in [-0.25, -0.2) is 9.59 Å². The Morgan fingerprint density at radius 2 is 1.79 bits per heavy atom. The van der Waals surface area contributed by atoms with E-state index < -0.39 is 5.97 Å². The molecule has 1 aromatic heterocycles. The topological polar surface area (TPSA) is 80.6 Å². The molecule has 1 saturated carbocycles. The molecule has 0 unspecified atom stereocenters. The quantitative estimate of drug-likeness (QED) is 0.596. The monoisotopic (exact) mass is 391 g/mol. The van der Waals surface area contributed by atoms with Crippen LogP contribution in [0.5, 0.6) is 0 Å². The smallest absolute Gasteiger partial charge is 0.354 e. The van der Waals surface area contributed by atoms with Crippen LogP contribution < -0.4 is 5.32 Å². The number of amides is 2. The molecule has 1 aliphatic carbocycles. The third kappa shape index (κ3) is 4.56. The first kappa shape index (κ1) is 22.0. The lowest BCUT2D eigenvalue weighted by molar-refractivity contribution is 0.0588. The number of ether oxygens (including phenoxy) is 1. The van der Waals surface area contributed by atoms with Crippen molar-refractivity contribution < 1.29 is 19.1 Å². The zero-order valence-corrected chi connectivity index (χ0v) is 17.9. The second-order valence-electron chi connectivity index (χ2n) is 7.93. The third-order valence-electron chi connectivity index (χ3n) is 5.59. The molecule has 0 atom stereocenters. The molecule has 1 aliphatic rings. The number of ketones is 1. The van der Waals surface area contributed by atoms with Crippen LogP contribution in [-0.2, 0) is 11.8 Å². The number of urea groups is 1. The summed E-state index contributed by atoms with van der Waals surface area (Å²) in [7, 11) is 3.07. The minimum absolute atomic E-state index is 0.000169. The molecule has 1 heterocycles. The van der Waals surface area contributed by atoms with E-state index in [0.29, 0.717) is 22.5 Å². The Hall–Kier alpha value is -2.31. The lowest BCUT2D eigenvalue weighted by atomic mass is 9.93. The van der Waals surface area contributed by atoms with Gasteiger partial charge in [-0.2, -0.15) is 0 Å². The van der Waals surface area contributed by atoms with E-state index in [1.165, 1.54) is 13.5 Å². The fourth-order valence-corrected chi connectivity index (χ4v) is 4.10. The van der Waals surface area contributed by atoms with Crippen molar-refractivity contribution in [2.24, 2.45) is 7.05 Å². The van der Waals surface area contributed by atoms with Gasteiger partial charge in [0.05, 0.1) is 13.7 Å². The van der Waals surface area contributed by atoms with Crippen molar-refractivity contribution in [3.63, 3.8) is 0 Å². The number of hydrogen-bond acceptors (Lipinski definition) is 4. The second kappa shape index (κ2) is 9.26. The molecule has 0 radical (unpaired) electrons. The van der Waals surface area contributed by atoms with Gasteiger partial charge in [0, 0.05) is 30.4 Å². The Balaban J connectivity index is 2.33. The standard InChI is InChI=1S/C21H33N3O4/c1-13(2)22-21(27)24(16-10-8-7-9-11-16)12-17(25)18-14(3)19(20(26)28-6)23(5)15(18)4/h13,16H,7-12H2,1-6H3,(H,22,27). The summed E-state index contributed by atoms with van der Waals surface area (Å²) in [6.07, 6.45) is 5.14. The molecule has 0 aromatic carbocycles. The third-order valence-corrected chi connectivity index (χ3v) is 5.59. The van der Waals surface area contributed by atoms with Crippen LogP contribution in [0.1, 0.15) is 78.1 Å². The normalized spacial score (nSPS) is 14.8. The van der Waals surface area contributed by atoms with Crippen molar-refractivity contribution in [2.45, 2.75) is 71.9 Å². The molecule has 7 heteroatoms. The van der Waals surface area contributed by atoms with Crippen molar-refractivity contribution in [1.29, 1.82) is 0 Å². The molecule has 1 fully saturated rings. The van der Waals surface area contributed by atoms with E-state index in [1.807, 2.05) is 20.8 Å². The molecular formula is C21H33N3O4. The molecule has 2 rings (SSSR count). The van der Waals surface area contributed by atoms with E-state index in [1.54, 1.807) is 23.4 Å². The lowest BCUT2D eigenvalue weighted by Crippen LogP contribution is -2.50. The highest BCUT2D eigenvalue weighted by Crippen LogP contribution is 2.26. The van der Waals surface area contributed by atoms with Gasteiger partial charge in [-0.05, 0) is 46.1 Å².